The van der Waals surface area contributed by atoms with Crippen LogP contribution in [0.4, 0.5) is 0 Å². The van der Waals surface area contributed by atoms with Gasteiger partial charge in [0, 0.05) is 24.4 Å². The number of nitrogens with one attached hydrogen (secondary N) is 1. The van der Waals surface area contributed by atoms with Gasteiger partial charge in [0.15, 0.2) is 5.76 Å². The maximum Gasteiger partial charge on any atom is 0.159 e. The summed E-state index contributed by atoms with van der Waals surface area (Å²) in [4.78, 5) is 11.8. The van der Waals surface area contributed by atoms with Crippen LogP contribution in [0.2, 0.25) is 0 Å². The Bertz CT molecular complexity index is 1140. The third kappa shape index (κ3) is 6.25. The Morgan fingerprint density at radius 2 is 2.14 bits per heavy atom. The molecule has 35 heavy (non-hydrogen) atoms. The molecular weight excluding hydrogens is 460 g/mol. The van der Waals surface area contributed by atoms with Crippen molar-refractivity contribution >= 4 is 22.8 Å². The van der Waals surface area contributed by atoms with E-state index in [1.165, 1.54) is 5.57 Å². The number of hydrogen-bond donors (Lipinski definition) is 1. The fourth-order valence-corrected chi connectivity index (χ4v) is 5.50. The molecule has 3 heterocycles. The van der Waals surface area contributed by atoms with Crippen LogP contribution >= 0.6 is 11.8 Å². The highest BCUT2D eigenvalue weighted by Crippen LogP contribution is 2.26. The number of fused-ring (bicyclic) bond motifs is 1. The summed E-state index contributed by atoms with van der Waals surface area (Å²) >= 11 is 1.76. The number of thioether (sulfide) groups is 1. The van der Waals surface area contributed by atoms with E-state index in [1.807, 2.05) is 24.4 Å². The van der Waals surface area contributed by atoms with E-state index in [2.05, 4.69) is 33.4 Å². The molecule has 3 aliphatic rings. The summed E-state index contributed by atoms with van der Waals surface area (Å²) in [6.07, 6.45) is 17.7. The normalized spacial score (nSPS) is 19.6. The van der Waals surface area contributed by atoms with E-state index in [9.17, 15) is 0 Å². The fraction of sp³-hybridized carbons (Fsp3) is 0.407. The molecule has 0 radical (unpaired) electrons. The Kier molecular flexibility index (Phi) is 8.03. The van der Waals surface area contributed by atoms with E-state index >= 15 is 0 Å². The average molecular weight is 493 g/mol. The van der Waals surface area contributed by atoms with Crippen molar-refractivity contribution in [2.45, 2.75) is 42.8 Å². The Balaban J connectivity index is 1.10. The maximum atomic E-state index is 5.79. The first-order chi connectivity index (χ1) is 17.3. The number of allylic oxidation sites excluding steroid dienone is 3. The van der Waals surface area contributed by atoms with Gasteiger partial charge in [-0.15, -0.1) is 11.8 Å². The van der Waals surface area contributed by atoms with Gasteiger partial charge in [0.1, 0.15) is 29.6 Å². The highest BCUT2D eigenvalue weighted by molar-refractivity contribution is 7.99. The first kappa shape index (κ1) is 23.9. The van der Waals surface area contributed by atoms with Gasteiger partial charge in [0.05, 0.1) is 30.4 Å². The number of aromatic nitrogens is 2. The van der Waals surface area contributed by atoms with Gasteiger partial charge in [0.25, 0.3) is 0 Å². The van der Waals surface area contributed by atoms with Crippen molar-refractivity contribution < 1.29 is 14.2 Å². The highest BCUT2D eigenvalue weighted by Gasteiger charge is 2.27. The molecule has 1 unspecified atom stereocenters. The van der Waals surface area contributed by atoms with Gasteiger partial charge in [0.2, 0.25) is 0 Å². The number of rotatable bonds is 9. The Morgan fingerprint density at radius 1 is 1.23 bits per heavy atom. The lowest BCUT2D eigenvalue weighted by Crippen LogP contribution is -2.48. The number of piperidine rings is 1. The lowest BCUT2D eigenvalue weighted by Gasteiger charge is -2.35. The molecule has 0 spiro atoms. The van der Waals surface area contributed by atoms with Crippen LogP contribution < -0.4 is 10.1 Å². The molecule has 0 saturated carbocycles. The van der Waals surface area contributed by atoms with Crippen molar-refractivity contribution in [1.82, 2.24) is 20.2 Å². The summed E-state index contributed by atoms with van der Waals surface area (Å²) in [6, 6.07) is 6.31. The van der Waals surface area contributed by atoms with Crippen LogP contribution in [0, 0.1) is 0 Å². The molecule has 0 bridgehead atoms. The molecule has 2 aliphatic heterocycles. The summed E-state index contributed by atoms with van der Waals surface area (Å²) in [7, 11) is 1.67. The molecule has 2 aromatic rings. The van der Waals surface area contributed by atoms with E-state index in [-0.39, 0.29) is 6.04 Å². The quantitative estimate of drug-likeness (QED) is 0.501. The molecule has 1 aliphatic carbocycles. The molecule has 1 saturated heterocycles. The van der Waals surface area contributed by atoms with Gasteiger partial charge >= 0.3 is 0 Å². The first-order valence-electron chi connectivity index (χ1n) is 12.2. The zero-order chi connectivity index (χ0) is 23.9. The molecule has 1 atom stereocenters. The van der Waals surface area contributed by atoms with Gasteiger partial charge in [-0.25, -0.2) is 4.98 Å². The molecule has 1 fully saturated rings. The minimum atomic E-state index is 0.0575. The summed E-state index contributed by atoms with van der Waals surface area (Å²) in [5.41, 5.74) is 3.11. The summed E-state index contributed by atoms with van der Waals surface area (Å²) < 4.78 is 16.5. The summed E-state index contributed by atoms with van der Waals surface area (Å²) in [5.74, 6) is 2.63. The zero-order valence-corrected chi connectivity index (χ0v) is 20.9. The van der Waals surface area contributed by atoms with Crippen molar-refractivity contribution in [3.63, 3.8) is 0 Å². The Morgan fingerprint density at radius 3 is 2.91 bits per heavy atom. The van der Waals surface area contributed by atoms with Crippen molar-refractivity contribution in [3.05, 3.63) is 72.7 Å². The van der Waals surface area contributed by atoms with Crippen LogP contribution in [0.5, 0.6) is 5.75 Å². The predicted molar refractivity (Wildman–Crippen MR) is 139 cm³/mol. The molecule has 184 valence electrons. The second kappa shape index (κ2) is 11.7. The third-order valence-corrected chi connectivity index (χ3v) is 7.48. The van der Waals surface area contributed by atoms with Crippen LogP contribution in [0.15, 0.2) is 77.8 Å². The molecule has 1 N–H and O–H groups in total. The largest absolute Gasteiger partial charge is 0.497 e. The monoisotopic (exact) mass is 492 g/mol. The van der Waals surface area contributed by atoms with Crippen molar-refractivity contribution in [2.24, 2.45) is 0 Å². The van der Waals surface area contributed by atoms with E-state index in [0.717, 1.165) is 78.6 Å². The van der Waals surface area contributed by atoms with E-state index in [1.54, 1.807) is 37.7 Å². The number of benzene rings is 1. The second-order valence-electron chi connectivity index (χ2n) is 8.88. The van der Waals surface area contributed by atoms with Gasteiger partial charge in [-0.1, -0.05) is 18.2 Å². The number of hydrogen-bond acceptors (Lipinski definition) is 8. The topological polar surface area (TPSA) is 68.7 Å². The number of nitrogens with zero attached hydrogens (tertiary/aromatic N) is 3. The van der Waals surface area contributed by atoms with Gasteiger partial charge in [-0.2, -0.15) is 0 Å². The lowest BCUT2D eigenvalue weighted by atomic mass is 9.94. The first-order valence-corrected chi connectivity index (χ1v) is 13.2. The summed E-state index contributed by atoms with van der Waals surface area (Å²) in [6.45, 7) is 3.21. The molecule has 1 aromatic heterocycles. The Labute approximate surface area is 210 Å². The summed E-state index contributed by atoms with van der Waals surface area (Å²) in [5, 5.41) is 4.81. The van der Waals surface area contributed by atoms with E-state index in [0.29, 0.717) is 6.04 Å². The predicted octanol–water partition coefficient (Wildman–Crippen LogP) is 4.79. The molecule has 0 amide bonds. The minimum Gasteiger partial charge on any atom is -0.497 e. The van der Waals surface area contributed by atoms with Gasteiger partial charge < -0.3 is 24.4 Å². The minimum absolute atomic E-state index is 0.0575. The van der Waals surface area contributed by atoms with E-state index in [4.69, 9.17) is 19.2 Å². The number of likely N-dealkylation sites (tertiary alicyclic amines) is 1. The van der Waals surface area contributed by atoms with Crippen LogP contribution in [0.1, 0.15) is 25.7 Å². The zero-order valence-electron chi connectivity index (χ0n) is 20.1. The van der Waals surface area contributed by atoms with Gasteiger partial charge in [-0.05, 0) is 56.5 Å². The molecular formula is C27H32N4O3S. The number of ether oxygens (including phenoxy) is 3. The van der Waals surface area contributed by atoms with Crippen LogP contribution in [0.3, 0.4) is 0 Å². The van der Waals surface area contributed by atoms with Crippen LogP contribution in [0.25, 0.3) is 11.0 Å². The standard InChI is InChI=1S/C27H32N4O3S/c1-32-22-7-8-23-24(17-22)30-26(18-28-23)35-16-13-31-11-9-21(10-12-31)29-27(20-5-3-2-4-6-20)25-19-33-14-15-34-25/h2-3,5,7-8,14-15,17-19,21,27,29H,4,6,9-13,16H2,1H3. The SMILES string of the molecule is COc1ccc2ncc(SCCN3CCC(NC(C4=CC=CCC4)C4=COC=CO4)CC3)nc2c1. The molecule has 7 nitrogen and oxygen atoms in total. The molecule has 1 aromatic carbocycles. The van der Waals surface area contributed by atoms with Crippen molar-refractivity contribution in [1.29, 1.82) is 0 Å². The fourth-order valence-electron chi connectivity index (χ4n) is 4.65. The van der Waals surface area contributed by atoms with Crippen LogP contribution in [-0.2, 0) is 9.47 Å². The Hall–Kier alpha value is -2.81. The molecule has 8 heteroatoms. The number of methoxy groups -OCH3 is 1. The van der Waals surface area contributed by atoms with Gasteiger partial charge in [-0.3, -0.25) is 4.98 Å². The average Bonchev–Trinajstić information content (AvgIpc) is 2.93. The second-order valence-corrected chi connectivity index (χ2v) is 10.00. The highest BCUT2D eigenvalue weighted by atomic mass is 32.2. The van der Waals surface area contributed by atoms with Crippen LogP contribution in [-0.4, -0.2) is 59.4 Å². The van der Waals surface area contributed by atoms with Crippen molar-refractivity contribution in [3.8, 4) is 5.75 Å². The van der Waals surface area contributed by atoms with E-state index < -0.39 is 0 Å². The molecule has 5 rings (SSSR count). The van der Waals surface area contributed by atoms with Crippen molar-refractivity contribution in [2.75, 3.05) is 32.5 Å². The lowest BCUT2D eigenvalue weighted by molar-refractivity contribution is 0.188. The maximum absolute atomic E-state index is 5.79. The third-order valence-electron chi connectivity index (χ3n) is 6.60. The smallest absolute Gasteiger partial charge is 0.159 e.